The van der Waals surface area contributed by atoms with Gasteiger partial charge in [-0.1, -0.05) is 30.3 Å². The summed E-state index contributed by atoms with van der Waals surface area (Å²) >= 11 is 0. The summed E-state index contributed by atoms with van der Waals surface area (Å²) in [6.07, 6.45) is -2.22. The van der Waals surface area contributed by atoms with E-state index >= 15 is 0 Å². The van der Waals surface area contributed by atoms with E-state index in [9.17, 15) is 15.0 Å². The molecule has 4 N–H and O–H groups in total. The summed E-state index contributed by atoms with van der Waals surface area (Å²) < 4.78 is 12.6. The number of nitrogens with two attached hydrogens (primary N) is 1. The van der Waals surface area contributed by atoms with Crippen molar-refractivity contribution in [2.45, 2.75) is 31.1 Å². The summed E-state index contributed by atoms with van der Waals surface area (Å²) in [5.41, 5.74) is 5.79. The predicted octanol–water partition coefficient (Wildman–Crippen LogP) is -0.339. The SMILES string of the molecule is Nc1ccn([C@@H]2O[C@H](CO)C(O)C2OCc2ccccc2)c(=O)n1. The minimum Gasteiger partial charge on any atom is -0.394 e. The molecule has 1 fully saturated rings. The smallest absolute Gasteiger partial charge is 0.351 e. The topological polar surface area (TPSA) is 120 Å². The Balaban J connectivity index is 1.83. The van der Waals surface area contributed by atoms with Crippen LogP contribution in [0.5, 0.6) is 0 Å². The van der Waals surface area contributed by atoms with E-state index < -0.39 is 30.2 Å². The Morgan fingerprint density at radius 2 is 2.04 bits per heavy atom. The second kappa shape index (κ2) is 7.10. The number of aliphatic hydroxyl groups excluding tert-OH is 2. The van der Waals surface area contributed by atoms with Crippen molar-refractivity contribution in [3.63, 3.8) is 0 Å². The van der Waals surface area contributed by atoms with E-state index in [1.165, 1.54) is 16.8 Å². The van der Waals surface area contributed by atoms with Gasteiger partial charge in [0.15, 0.2) is 6.23 Å². The number of nitrogen functional groups attached to an aromatic ring is 1. The number of anilines is 1. The lowest BCUT2D eigenvalue weighted by atomic mass is 10.1. The number of rotatable bonds is 5. The monoisotopic (exact) mass is 333 g/mol. The van der Waals surface area contributed by atoms with Crippen LogP contribution >= 0.6 is 0 Å². The third-order valence-corrected chi connectivity index (χ3v) is 3.90. The lowest BCUT2D eigenvalue weighted by molar-refractivity contribution is -0.0796. The molecule has 1 aliphatic heterocycles. The Kier molecular flexibility index (Phi) is 4.91. The molecule has 128 valence electrons. The zero-order chi connectivity index (χ0) is 17.1. The molecule has 2 unspecified atom stereocenters. The maximum atomic E-state index is 12.0. The van der Waals surface area contributed by atoms with Gasteiger partial charge in [0.1, 0.15) is 24.1 Å². The fourth-order valence-electron chi connectivity index (χ4n) is 2.66. The van der Waals surface area contributed by atoms with E-state index in [1.54, 1.807) is 0 Å². The first-order chi connectivity index (χ1) is 11.6. The fourth-order valence-corrected chi connectivity index (χ4v) is 2.66. The van der Waals surface area contributed by atoms with Gasteiger partial charge in [0.2, 0.25) is 0 Å². The van der Waals surface area contributed by atoms with Gasteiger partial charge in [-0.2, -0.15) is 4.98 Å². The summed E-state index contributed by atoms with van der Waals surface area (Å²) in [6, 6.07) is 10.9. The van der Waals surface area contributed by atoms with Crippen LogP contribution in [0.15, 0.2) is 47.4 Å². The summed E-state index contributed by atoms with van der Waals surface area (Å²) in [5, 5.41) is 19.7. The van der Waals surface area contributed by atoms with Gasteiger partial charge < -0.3 is 25.4 Å². The van der Waals surface area contributed by atoms with Crippen molar-refractivity contribution in [1.82, 2.24) is 9.55 Å². The highest BCUT2D eigenvalue weighted by atomic mass is 16.6. The molecule has 1 saturated heterocycles. The van der Waals surface area contributed by atoms with Gasteiger partial charge in [-0.05, 0) is 11.6 Å². The number of aliphatic hydroxyl groups is 2. The van der Waals surface area contributed by atoms with Gasteiger partial charge in [0.05, 0.1) is 13.2 Å². The Morgan fingerprint density at radius 3 is 2.71 bits per heavy atom. The fraction of sp³-hybridized carbons (Fsp3) is 0.375. The van der Waals surface area contributed by atoms with Crippen LogP contribution in [0.2, 0.25) is 0 Å². The van der Waals surface area contributed by atoms with Crippen LogP contribution in [0, 0.1) is 0 Å². The predicted molar refractivity (Wildman–Crippen MR) is 84.9 cm³/mol. The molecule has 0 radical (unpaired) electrons. The van der Waals surface area contributed by atoms with Crippen molar-refractivity contribution in [3.05, 3.63) is 58.6 Å². The molecular weight excluding hydrogens is 314 g/mol. The molecule has 24 heavy (non-hydrogen) atoms. The Morgan fingerprint density at radius 1 is 1.29 bits per heavy atom. The minimum atomic E-state index is -1.08. The number of hydrogen-bond acceptors (Lipinski definition) is 7. The molecular formula is C16H19N3O5. The Hall–Kier alpha value is -2.26. The first-order valence-corrected chi connectivity index (χ1v) is 7.54. The van der Waals surface area contributed by atoms with Gasteiger partial charge in [-0.15, -0.1) is 0 Å². The number of aromatic nitrogens is 2. The molecule has 0 aliphatic carbocycles. The maximum absolute atomic E-state index is 12.0. The van der Waals surface area contributed by atoms with Crippen molar-refractivity contribution >= 4 is 5.82 Å². The summed E-state index contributed by atoms with van der Waals surface area (Å²) in [5.74, 6) is 0.0928. The molecule has 0 bridgehead atoms. The summed E-state index contributed by atoms with van der Waals surface area (Å²) in [6.45, 7) is -0.155. The van der Waals surface area contributed by atoms with Crippen molar-refractivity contribution in [2.75, 3.05) is 12.3 Å². The van der Waals surface area contributed by atoms with Crippen molar-refractivity contribution in [2.24, 2.45) is 0 Å². The molecule has 8 heteroatoms. The number of ether oxygens (including phenoxy) is 2. The molecule has 0 amide bonds. The molecule has 1 aromatic heterocycles. The van der Waals surface area contributed by atoms with Crippen LogP contribution in [0.3, 0.4) is 0 Å². The summed E-state index contributed by atoms with van der Waals surface area (Å²) in [7, 11) is 0. The quantitative estimate of drug-likeness (QED) is 0.685. The number of hydrogen-bond donors (Lipinski definition) is 3. The number of benzene rings is 1. The van der Waals surface area contributed by atoms with Gasteiger partial charge in [-0.3, -0.25) is 4.57 Å². The van der Waals surface area contributed by atoms with Crippen LogP contribution in [0.25, 0.3) is 0 Å². The second-order valence-corrected chi connectivity index (χ2v) is 5.54. The zero-order valence-corrected chi connectivity index (χ0v) is 12.9. The van der Waals surface area contributed by atoms with Crippen molar-refractivity contribution < 1.29 is 19.7 Å². The Labute approximate surface area is 138 Å². The molecule has 0 spiro atoms. The van der Waals surface area contributed by atoms with E-state index in [0.717, 1.165) is 5.56 Å². The third-order valence-electron chi connectivity index (χ3n) is 3.90. The van der Waals surface area contributed by atoms with Gasteiger partial charge in [-0.25, -0.2) is 4.79 Å². The lowest BCUT2D eigenvalue weighted by Crippen LogP contribution is -2.38. The van der Waals surface area contributed by atoms with Gasteiger partial charge >= 0.3 is 5.69 Å². The lowest BCUT2D eigenvalue weighted by Gasteiger charge is -2.22. The van der Waals surface area contributed by atoms with Crippen molar-refractivity contribution in [1.29, 1.82) is 0 Å². The van der Waals surface area contributed by atoms with Crippen LogP contribution in [0.1, 0.15) is 11.8 Å². The largest absolute Gasteiger partial charge is 0.394 e. The van der Waals surface area contributed by atoms with Crippen molar-refractivity contribution in [3.8, 4) is 0 Å². The first kappa shape index (κ1) is 16.6. The molecule has 1 aromatic carbocycles. The normalized spacial score (nSPS) is 26.6. The first-order valence-electron chi connectivity index (χ1n) is 7.54. The number of nitrogens with zero attached hydrogens (tertiary/aromatic N) is 2. The molecule has 2 heterocycles. The Bertz CT molecular complexity index is 736. The van der Waals surface area contributed by atoms with Gasteiger partial charge in [0.25, 0.3) is 0 Å². The third kappa shape index (κ3) is 3.31. The molecule has 2 aromatic rings. The highest BCUT2D eigenvalue weighted by Crippen LogP contribution is 2.31. The minimum absolute atomic E-state index is 0.0928. The van der Waals surface area contributed by atoms with Crippen LogP contribution in [0.4, 0.5) is 5.82 Å². The van der Waals surface area contributed by atoms with Crippen LogP contribution in [-0.2, 0) is 16.1 Å². The second-order valence-electron chi connectivity index (χ2n) is 5.54. The average Bonchev–Trinajstić information content (AvgIpc) is 2.90. The molecule has 0 saturated carbocycles. The van der Waals surface area contributed by atoms with E-state index in [1.807, 2.05) is 30.3 Å². The van der Waals surface area contributed by atoms with E-state index in [0.29, 0.717) is 0 Å². The highest BCUT2D eigenvalue weighted by Gasteiger charge is 2.45. The van der Waals surface area contributed by atoms with Crippen LogP contribution in [-0.4, -0.2) is 44.7 Å². The molecule has 3 rings (SSSR count). The molecule has 1 aliphatic rings. The molecule has 4 atom stereocenters. The van der Waals surface area contributed by atoms with Gasteiger partial charge in [0, 0.05) is 6.20 Å². The van der Waals surface area contributed by atoms with E-state index in [4.69, 9.17) is 15.2 Å². The van der Waals surface area contributed by atoms with E-state index in [2.05, 4.69) is 4.98 Å². The zero-order valence-electron chi connectivity index (χ0n) is 12.9. The maximum Gasteiger partial charge on any atom is 0.351 e. The van der Waals surface area contributed by atoms with Crippen LogP contribution < -0.4 is 11.4 Å². The summed E-state index contributed by atoms with van der Waals surface area (Å²) in [4.78, 5) is 15.7. The highest BCUT2D eigenvalue weighted by molar-refractivity contribution is 5.23. The standard InChI is InChI=1S/C16H19N3O5/c17-12-6-7-19(16(22)18-12)15-14(13(21)11(8-20)24-15)23-9-10-4-2-1-3-5-10/h1-7,11,13-15,20-21H,8-9H2,(H2,17,18,22)/t11-,13?,14?,15-/m1/s1. The molecule has 8 nitrogen and oxygen atoms in total. The average molecular weight is 333 g/mol. The van der Waals surface area contributed by atoms with E-state index in [-0.39, 0.29) is 19.0 Å².